The molecule has 1 saturated carbocycles. The van der Waals surface area contributed by atoms with Crippen LogP contribution in [0.15, 0.2) is 30.5 Å². The quantitative estimate of drug-likeness (QED) is 0.605. The van der Waals surface area contributed by atoms with Gasteiger partial charge in [-0.25, -0.2) is 9.48 Å². The summed E-state index contributed by atoms with van der Waals surface area (Å²) in [6.07, 6.45) is 3.83. The average molecular weight is 428 g/mol. The average Bonchev–Trinajstić information content (AvgIpc) is 3.11. The molecule has 1 aromatic carbocycles. The number of nitrogens with zero attached hydrogens (tertiary/aromatic N) is 3. The Kier molecular flexibility index (Phi) is 7.03. The molecule has 0 radical (unpaired) electrons. The third-order valence-electron chi connectivity index (χ3n) is 6.03. The van der Waals surface area contributed by atoms with Crippen molar-refractivity contribution in [1.29, 1.82) is 0 Å². The smallest absolute Gasteiger partial charge is 0.449 e. The van der Waals surface area contributed by atoms with E-state index in [-0.39, 0.29) is 29.4 Å². The van der Waals surface area contributed by atoms with Crippen molar-refractivity contribution in [2.75, 3.05) is 4.90 Å². The molecule has 0 unspecified atom stereocenters. The number of hydrogen-bond donors (Lipinski definition) is 1. The van der Waals surface area contributed by atoms with Crippen LogP contribution >= 0.6 is 0 Å². The summed E-state index contributed by atoms with van der Waals surface area (Å²) in [7, 11) is 0. The summed E-state index contributed by atoms with van der Waals surface area (Å²) in [6, 6.07) is 7.72. The minimum atomic E-state index is -1.43. The van der Waals surface area contributed by atoms with Crippen molar-refractivity contribution in [3.63, 3.8) is 0 Å². The molecule has 1 heterocycles. The normalized spacial score (nSPS) is 18.9. The van der Waals surface area contributed by atoms with Gasteiger partial charge in [0.25, 0.3) is 0 Å². The Bertz CT molecular complexity index is 909. The Labute approximate surface area is 184 Å². The van der Waals surface area contributed by atoms with Crippen LogP contribution in [0.5, 0.6) is 5.75 Å². The lowest BCUT2D eigenvalue weighted by Gasteiger charge is -2.32. The summed E-state index contributed by atoms with van der Waals surface area (Å²) in [5.74, 6) is 1.25. The van der Waals surface area contributed by atoms with Gasteiger partial charge in [-0.1, -0.05) is 32.9 Å². The van der Waals surface area contributed by atoms with E-state index >= 15 is 0 Å². The molecule has 7 nitrogen and oxygen atoms in total. The van der Waals surface area contributed by atoms with E-state index in [9.17, 15) is 14.7 Å². The van der Waals surface area contributed by atoms with Crippen LogP contribution < -0.4 is 9.64 Å². The van der Waals surface area contributed by atoms with Gasteiger partial charge in [-0.05, 0) is 69.1 Å². The molecule has 31 heavy (non-hydrogen) atoms. The summed E-state index contributed by atoms with van der Waals surface area (Å²) < 4.78 is 6.61. The Morgan fingerprint density at radius 1 is 1.10 bits per heavy atom. The molecule has 0 aliphatic heterocycles. The van der Waals surface area contributed by atoms with Crippen molar-refractivity contribution in [3.8, 4) is 11.4 Å². The molecular formula is C24H33N3O4. The number of aromatic nitrogens is 2. The van der Waals surface area contributed by atoms with Gasteiger partial charge >= 0.3 is 6.16 Å². The van der Waals surface area contributed by atoms with Crippen LogP contribution in [-0.4, -0.2) is 33.0 Å². The minimum Gasteiger partial charge on any atom is -0.449 e. The van der Waals surface area contributed by atoms with Gasteiger partial charge in [0.1, 0.15) is 0 Å². The van der Waals surface area contributed by atoms with Gasteiger partial charge in [0.05, 0.1) is 11.9 Å². The van der Waals surface area contributed by atoms with Gasteiger partial charge in [0.2, 0.25) is 11.7 Å². The molecule has 168 valence electrons. The molecule has 0 bridgehead atoms. The summed E-state index contributed by atoms with van der Waals surface area (Å²) in [6.45, 7) is 10.3. The molecule has 1 aromatic heterocycles. The zero-order chi connectivity index (χ0) is 22.7. The number of benzene rings is 1. The van der Waals surface area contributed by atoms with E-state index < -0.39 is 6.16 Å². The third kappa shape index (κ3) is 5.27. The molecule has 0 saturated heterocycles. The van der Waals surface area contributed by atoms with Crippen molar-refractivity contribution < 1.29 is 19.4 Å². The Hall–Kier alpha value is -2.83. The highest BCUT2D eigenvalue weighted by molar-refractivity contribution is 5.96. The van der Waals surface area contributed by atoms with Gasteiger partial charge in [-0.15, -0.1) is 5.10 Å². The molecule has 0 atom stereocenters. The lowest BCUT2D eigenvalue weighted by Crippen LogP contribution is -2.42. The fourth-order valence-electron chi connectivity index (χ4n) is 4.13. The molecule has 1 fully saturated rings. The highest BCUT2D eigenvalue weighted by Gasteiger charge is 2.34. The largest absolute Gasteiger partial charge is 0.511 e. The molecule has 1 aliphatic carbocycles. The number of amides is 1. The van der Waals surface area contributed by atoms with Crippen molar-refractivity contribution in [2.45, 2.75) is 72.3 Å². The van der Waals surface area contributed by atoms with Crippen molar-refractivity contribution in [2.24, 2.45) is 11.8 Å². The monoisotopic (exact) mass is 427 g/mol. The highest BCUT2D eigenvalue weighted by atomic mass is 16.7. The maximum Gasteiger partial charge on any atom is 0.511 e. The van der Waals surface area contributed by atoms with E-state index in [4.69, 9.17) is 4.74 Å². The molecule has 1 amide bonds. The second-order valence-electron chi connectivity index (χ2n) is 9.13. The molecule has 3 rings (SSSR count). The van der Waals surface area contributed by atoms with Crippen LogP contribution in [0.1, 0.15) is 71.8 Å². The number of carbonyl (C=O) groups is 2. The van der Waals surface area contributed by atoms with E-state index in [1.807, 2.05) is 38.1 Å². The minimum absolute atomic E-state index is 0.0162. The molecule has 2 aromatic rings. The van der Waals surface area contributed by atoms with E-state index in [2.05, 4.69) is 25.9 Å². The first-order valence-electron chi connectivity index (χ1n) is 11.1. The Balaban J connectivity index is 1.97. The van der Waals surface area contributed by atoms with E-state index in [0.717, 1.165) is 31.4 Å². The number of carboxylic acid groups (broad SMARTS) is 1. The zero-order valence-corrected chi connectivity index (χ0v) is 19.0. The zero-order valence-electron chi connectivity index (χ0n) is 19.0. The number of hydrogen-bond acceptors (Lipinski definition) is 4. The summed E-state index contributed by atoms with van der Waals surface area (Å²) in [4.78, 5) is 26.3. The van der Waals surface area contributed by atoms with Crippen LogP contribution in [0.4, 0.5) is 10.6 Å². The van der Waals surface area contributed by atoms with E-state index in [0.29, 0.717) is 11.8 Å². The number of rotatable bonds is 6. The first kappa shape index (κ1) is 22.8. The Morgan fingerprint density at radius 3 is 2.23 bits per heavy atom. The molecule has 0 spiro atoms. The van der Waals surface area contributed by atoms with Crippen LogP contribution in [0, 0.1) is 11.8 Å². The Morgan fingerprint density at radius 2 is 1.71 bits per heavy atom. The van der Waals surface area contributed by atoms with Crippen molar-refractivity contribution in [1.82, 2.24) is 9.78 Å². The summed E-state index contributed by atoms with van der Waals surface area (Å²) in [5, 5.41) is 13.8. The fourth-order valence-corrected chi connectivity index (χ4v) is 4.13. The van der Waals surface area contributed by atoms with Gasteiger partial charge in [-0.3, -0.25) is 9.69 Å². The maximum atomic E-state index is 13.4. The molecule has 1 aliphatic rings. The van der Waals surface area contributed by atoms with Crippen molar-refractivity contribution >= 4 is 17.9 Å². The predicted octanol–water partition coefficient (Wildman–Crippen LogP) is 5.62. The second kappa shape index (κ2) is 9.54. The lowest BCUT2D eigenvalue weighted by molar-refractivity contribution is -0.124. The number of ether oxygens (including phenoxy) is 1. The number of anilines is 1. The molecule has 7 heteroatoms. The predicted molar refractivity (Wildman–Crippen MR) is 120 cm³/mol. The summed E-state index contributed by atoms with van der Waals surface area (Å²) >= 11 is 0. The van der Waals surface area contributed by atoms with Gasteiger partial charge in [-0.2, -0.15) is 0 Å². The second-order valence-corrected chi connectivity index (χ2v) is 9.13. The third-order valence-corrected chi connectivity index (χ3v) is 6.03. The standard InChI is InChI=1S/C24H33N3O4/c1-15(2)18-10-12-20(13-11-18)26-14-21(31-24(29)30)22(25-26)27(16(3)4)23(28)19-8-6-17(5)7-9-19/h10-17,19H,6-9H2,1-5H3,(H,29,30). The van der Waals surface area contributed by atoms with E-state index in [1.165, 1.54) is 11.8 Å². The van der Waals surface area contributed by atoms with Crippen LogP contribution in [0.25, 0.3) is 5.69 Å². The van der Waals surface area contributed by atoms with Gasteiger partial charge in [0.15, 0.2) is 5.75 Å². The lowest BCUT2D eigenvalue weighted by atomic mass is 9.82. The maximum absolute atomic E-state index is 13.4. The van der Waals surface area contributed by atoms with Gasteiger partial charge in [0, 0.05) is 12.0 Å². The first-order chi connectivity index (χ1) is 14.7. The molecular weight excluding hydrogens is 394 g/mol. The number of carbonyl (C=O) groups excluding carboxylic acids is 1. The van der Waals surface area contributed by atoms with Crippen LogP contribution in [0.2, 0.25) is 0 Å². The fraction of sp³-hybridized carbons (Fsp3) is 0.542. The molecule has 1 N–H and O–H groups in total. The topological polar surface area (TPSA) is 84.7 Å². The highest BCUT2D eigenvalue weighted by Crippen LogP contribution is 2.35. The first-order valence-corrected chi connectivity index (χ1v) is 11.1. The van der Waals surface area contributed by atoms with Crippen LogP contribution in [0.3, 0.4) is 0 Å². The summed E-state index contributed by atoms with van der Waals surface area (Å²) in [5.41, 5.74) is 1.97. The van der Waals surface area contributed by atoms with Crippen LogP contribution in [-0.2, 0) is 4.79 Å². The van der Waals surface area contributed by atoms with E-state index in [1.54, 1.807) is 9.58 Å². The van der Waals surface area contributed by atoms with Crippen molar-refractivity contribution in [3.05, 3.63) is 36.0 Å². The SMILES string of the molecule is CC1CCC(C(=O)N(c2nn(-c3ccc(C(C)C)cc3)cc2OC(=O)O)C(C)C)CC1. The van der Waals surface area contributed by atoms with Gasteiger partial charge < -0.3 is 9.84 Å².